The minimum Gasteiger partial charge on any atom is -0.488 e. The molecule has 2 aromatic carbocycles. The summed E-state index contributed by atoms with van der Waals surface area (Å²) in [6.07, 6.45) is 0. The van der Waals surface area contributed by atoms with E-state index in [-0.39, 0.29) is 5.56 Å². The third kappa shape index (κ3) is 2.99. The molecule has 0 aromatic heterocycles. The third-order valence-corrected chi connectivity index (χ3v) is 3.46. The Labute approximate surface area is 118 Å². The van der Waals surface area contributed by atoms with Gasteiger partial charge in [-0.3, -0.25) is 0 Å². The Morgan fingerprint density at radius 2 is 1.60 bits per heavy atom. The van der Waals surface area contributed by atoms with Gasteiger partial charge in [-0.25, -0.2) is 4.79 Å². The fourth-order valence-corrected chi connectivity index (χ4v) is 2.05. The van der Waals surface area contributed by atoms with Gasteiger partial charge in [0.25, 0.3) is 0 Å². The molecule has 0 fully saturated rings. The number of hydrogen-bond donors (Lipinski definition) is 1. The van der Waals surface area contributed by atoms with Crippen LogP contribution in [0.25, 0.3) is 0 Å². The van der Waals surface area contributed by atoms with Crippen LogP contribution < -0.4 is 4.74 Å². The highest BCUT2D eigenvalue weighted by atomic mass is 16.5. The number of carboxylic acid groups (broad SMARTS) is 1. The van der Waals surface area contributed by atoms with E-state index >= 15 is 0 Å². The average Bonchev–Trinajstić information content (AvgIpc) is 2.43. The number of ether oxygens (including phenoxy) is 1. The number of benzene rings is 2. The molecule has 2 aromatic rings. The van der Waals surface area contributed by atoms with Crippen molar-refractivity contribution >= 4 is 5.97 Å². The fraction of sp³-hybridized carbons (Fsp3) is 0.235. The summed E-state index contributed by atoms with van der Waals surface area (Å²) in [6, 6.07) is 10.9. The highest BCUT2D eigenvalue weighted by Crippen LogP contribution is 2.26. The lowest BCUT2D eigenvalue weighted by molar-refractivity contribution is 0.0697. The van der Waals surface area contributed by atoms with E-state index < -0.39 is 5.97 Å². The second kappa shape index (κ2) is 5.78. The normalized spacial score (nSPS) is 10.3. The molecule has 0 atom stereocenters. The zero-order valence-corrected chi connectivity index (χ0v) is 11.9. The van der Waals surface area contributed by atoms with Gasteiger partial charge in [-0.05, 0) is 55.2 Å². The molecule has 0 saturated heterocycles. The first-order chi connectivity index (χ1) is 9.49. The summed E-state index contributed by atoms with van der Waals surface area (Å²) in [5, 5.41) is 8.86. The number of aryl methyl sites for hydroxylation is 2. The molecule has 0 radical (unpaired) electrons. The van der Waals surface area contributed by atoms with Crippen LogP contribution in [0.3, 0.4) is 0 Å². The first-order valence-corrected chi connectivity index (χ1v) is 6.51. The molecule has 0 bridgehead atoms. The van der Waals surface area contributed by atoms with Crippen molar-refractivity contribution in [1.29, 1.82) is 0 Å². The highest BCUT2D eigenvalue weighted by Gasteiger charge is 2.07. The molecule has 0 aliphatic rings. The first kappa shape index (κ1) is 14.1. The van der Waals surface area contributed by atoms with Crippen LogP contribution in [0.5, 0.6) is 5.75 Å². The van der Waals surface area contributed by atoms with E-state index in [0.717, 1.165) is 22.4 Å². The van der Waals surface area contributed by atoms with Crippen LogP contribution >= 0.6 is 0 Å². The maximum atomic E-state index is 10.8. The summed E-state index contributed by atoms with van der Waals surface area (Å²) in [4.78, 5) is 10.8. The highest BCUT2D eigenvalue weighted by molar-refractivity contribution is 5.87. The molecule has 104 valence electrons. The van der Waals surface area contributed by atoms with E-state index in [0.29, 0.717) is 6.61 Å². The molecule has 1 N–H and O–H groups in total. The Kier molecular flexibility index (Phi) is 4.08. The van der Waals surface area contributed by atoms with E-state index in [1.807, 2.05) is 19.9 Å². The van der Waals surface area contributed by atoms with Crippen molar-refractivity contribution in [1.82, 2.24) is 0 Å². The Hall–Kier alpha value is -2.29. The van der Waals surface area contributed by atoms with E-state index in [4.69, 9.17) is 9.84 Å². The van der Waals surface area contributed by atoms with Gasteiger partial charge in [0.2, 0.25) is 0 Å². The second-order valence-corrected chi connectivity index (χ2v) is 4.94. The molecule has 0 heterocycles. The van der Waals surface area contributed by atoms with Gasteiger partial charge in [0.05, 0.1) is 5.56 Å². The lowest BCUT2D eigenvalue weighted by Crippen LogP contribution is -2.01. The topological polar surface area (TPSA) is 46.5 Å². The fourth-order valence-electron chi connectivity index (χ4n) is 2.05. The average molecular weight is 270 g/mol. The maximum Gasteiger partial charge on any atom is 0.335 e. The number of carbonyl (C=O) groups is 1. The van der Waals surface area contributed by atoms with Gasteiger partial charge in [0.1, 0.15) is 12.4 Å². The molecule has 3 nitrogen and oxygen atoms in total. The van der Waals surface area contributed by atoms with Crippen molar-refractivity contribution in [2.24, 2.45) is 0 Å². The lowest BCUT2D eigenvalue weighted by atomic mass is 10.1. The molecule has 0 amide bonds. The minimum atomic E-state index is -0.914. The van der Waals surface area contributed by atoms with Crippen molar-refractivity contribution in [3.8, 4) is 5.75 Å². The van der Waals surface area contributed by atoms with Crippen molar-refractivity contribution in [3.05, 3.63) is 64.2 Å². The molecule has 20 heavy (non-hydrogen) atoms. The van der Waals surface area contributed by atoms with Crippen LogP contribution in [-0.2, 0) is 6.61 Å². The SMILES string of the molecule is Cc1ccc(C)c(OCc2ccc(C(=O)O)cc2)c1C. The van der Waals surface area contributed by atoms with Crippen molar-refractivity contribution in [3.63, 3.8) is 0 Å². The Bertz CT molecular complexity index is 627. The van der Waals surface area contributed by atoms with Crippen LogP contribution in [0, 0.1) is 20.8 Å². The van der Waals surface area contributed by atoms with Crippen LogP contribution in [0.2, 0.25) is 0 Å². The van der Waals surface area contributed by atoms with Gasteiger partial charge in [0, 0.05) is 0 Å². The van der Waals surface area contributed by atoms with Gasteiger partial charge in [-0.1, -0.05) is 24.3 Å². The largest absolute Gasteiger partial charge is 0.488 e. The standard InChI is InChI=1S/C17H18O3/c1-11-4-5-12(2)16(13(11)3)20-10-14-6-8-15(9-7-14)17(18)19/h4-9H,10H2,1-3H3,(H,18,19). The van der Waals surface area contributed by atoms with Crippen molar-refractivity contribution in [2.75, 3.05) is 0 Å². The smallest absolute Gasteiger partial charge is 0.335 e. The molecular weight excluding hydrogens is 252 g/mol. The summed E-state index contributed by atoms with van der Waals surface area (Å²) in [6.45, 7) is 6.56. The summed E-state index contributed by atoms with van der Waals surface area (Å²) in [7, 11) is 0. The lowest BCUT2D eigenvalue weighted by Gasteiger charge is -2.14. The quantitative estimate of drug-likeness (QED) is 0.916. The van der Waals surface area contributed by atoms with Gasteiger partial charge in [0.15, 0.2) is 0 Å². The molecule has 0 saturated carbocycles. The van der Waals surface area contributed by atoms with Crippen molar-refractivity contribution in [2.45, 2.75) is 27.4 Å². The molecular formula is C17H18O3. The van der Waals surface area contributed by atoms with Crippen LogP contribution in [0.4, 0.5) is 0 Å². The third-order valence-electron chi connectivity index (χ3n) is 3.46. The van der Waals surface area contributed by atoms with Crippen LogP contribution in [0.1, 0.15) is 32.6 Å². The second-order valence-electron chi connectivity index (χ2n) is 4.94. The van der Waals surface area contributed by atoms with Crippen molar-refractivity contribution < 1.29 is 14.6 Å². The van der Waals surface area contributed by atoms with Gasteiger partial charge >= 0.3 is 5.97 Å². The molecule has 2 rings (SSSR count). The number of rotatable bonds is 4. The number of carboxylic acids is 1. The van der Waals surface area contributed by atoms with Gasteiger partial charge in [-0.2, -0.15) is 0 Å². The maximum absolute atomic E-state index is 10.8. The summed E-state index contributed by atoms with van der Waals surface area (Å²) < 4.78 is 5.89. The minimum absolute atomic E-state index is 0.289. The summed E-state index contributed by atoms with van der Waals surface area (Å²) in [5.41, 5.74) is 4.70. The number of aromatic carboxylic acids is 1. The zero-order chi connectivity index (χ0) is 14.7. The zero-order valence-electron chi connectivity index (χ0n) is 11.9. The predicted octanol–water partition coefficient (Wildman–Crippen LogP) is 3.89. The van der Waals surface area contributed by atoms with Gasteiger partial charge in [-0.15, -0.1) is 0 Å². The predicted molar refractivity (Wildman–Crippen MR) is 78.4 cm³/mol. The summed E-state index contributed by atoms with van der Waals surface area (Å²) in [5.74, 6) is -0.00449. The van der Waals surface area contributed by atoms with E-state index in [9.17, 15) is 4.79 Å². The van der Waals surface area contributed by atoms with E-state index in [2.05, 4.69) is 13.0 Å². The first-order valence-electron chi connectivity index (χ1n) is 6.51. The van der Waals surface area contributed by atoms with E-state index in [1.165, 1.54) is 5.56 Å². The van der Waals surface area contributed by atoms with Crippen LogP contribution in [-0.4, -0.2) is 11.1 Å². The Morgan fingerprint density at radius 3 is 2.20 bits per heavy atom. The molecule has 0 aliphatic heterocycles. The Morgan fingerprint density at radius 1 is 1.00 bits per heavy atom. The summed E-state index contributed by atoms with van der Waals surface area (Å²) >= 11 is 0. The molecule has 0 spiro atoms. The van der Waals surface area contributed by atoms with Crippen LogP contribution in [0.15, 0.2) is 36.4 Å². The van der Waals surface area contributed by atoms with E-state index in [1.54, 1.807) is 24.3 Å². The molecule has 3 heteroatoms. The molecule has 0 unspecified atom stereocenters. The monoisotopic (exact) mass is 270 g/mol. The molecule has 0 aliphatic carbocycles. The Balaban J connectivity index is 2.13. The van der Waals surface area contributed by atoms with Gasteiger partial charge < -0.3 is 9.84 Å². The number of hydrogen-bond acceptors (Lipinski definition) is 2.